The molecule has 0 bridgehead atoms. The average Bonchev–Trinajstić information content (AvgIpc) is 2.67. The zero-order chi connectivity index (χ0) is 19.8. The second-order valence-electron chi connectivity index (χ2n) is 7.36. The summed E-state index contributed by atoms with van der Waals surface area (Å²) in [5, 5.41) is 38.8. The maximum absolute atomic E-state index is 9.89. The fraction of sp³-hybridized carbons (Fsp3) is 0.429. The molecule has 6 heteroatoms. The number of nitrogens with one attached hydrogen (secondary N) is 1. The third-order valence-electron chi connectivity index (χ3n) is 5.77. The number of rotatable bonds is 2. The van der Waals surface area contributed by atoms with Crippen LogP contribution in [0.1, 0.15) is 25.3 Å². The Morgan fingerprint density at radius 3 is 2.44 bits per heavy atom. The zero-order valence-corrected chi connectivity index (χ0v) is 16.0. The number of nitriles is 3. The summed E-state index contributed by atoms with van der Waals surface area (Å²) in [5.74, 6) is -1.77. The summed E-state index contributed by atoms with van der Waals surface area (Å²) in [7, 11) is 0. The highest BCUT2D eigenvalue weighted by Crippen LogP contribution is 2.53. The number of fused-ring (bicyclic) bond motifs is 1. The van der Waals surface area contributed by atoms with E-state index in [-0.39, 0.29) is 17.7 Å². The molecule has 0 aromatic heterocycles. The van der Waals surface area contributed by atoms with Crippen LogP contribution in [0, 0.1) is 56.7 Å². The minimum absolute atomic E-state index is 0.0986. The molecule has 27 heavy (non-hydrogen) atoms. The van der Waals surface area contributed by atoms with Gasteiger partial charge in [-0.2, -0.15) is 15.8 Å². The summed E-state index contributed by atoms with van der Waals surface area (Å²) in [5.41, 5.74) is -0.0779. The van der Waals surface area contributed by atoms with Crippen molar-refractivity contribution in [3.8, 4) is 18.2 Å². The zero-order valence-electron chi connectivity index (χ0n) is 15.3. The van der Waals surface area contributed by atoms with Gasteiger partial charge in [-0.25, -0.2) is 0 Å². The molecule has 1 aliphatic heterocycles. The Kier molecular flexibility index (Phi) is 5.07. The fourth-order valence-electron chi connectivity index (χ4n) is 4.31. The molecular formula is C21H20ClN5. The minimum atomic E-state index is -1.61. The number of nitrogens with zero attached hydrogens (tertiary/aromatic N) is 4. The molecule has 5 nitrogen and oxygen atoms in total. The molecule has 1 unspecified atom stereocenters. The molecule has 1 heterocycles. The lowest BCUT2D eigenvalue weighted by atomic mass is 9.55. The van der Waals surface area contributed by atoms with Gasteiger partial charge in [0.2, 0.25) is 0 Å². The molecule has 1 saturated carbocycles. The van der Waals surface area contributed by atoms with Gasteiger partial charge in [0.15, 0.2) is 5.41 Å². The van der Waals surface area contributed by atoms with Gasteiger partial charge >= 0.3 is 0 Å². The Bertz CT molecular complexity index is 913. The van der Waals surface area contributed by atoms with Gasteiger partial charge in [-0.3, -0.25) is 4.90 Å². The Balaban J connectivity index is 2.24. The van der Waals surface area contributed by atoms with E-state index in [1.54, 1.807) is 6.07 Å². The number of benzene rings is 1. The Labute approximate surface area is 164 Å². The van der Waals surface area contributed by atoms with Crippen molar-refractivity contribution in [2.24, 2.45) is 17.3 Å². The Morgan fingerprint density at radius 1 is 1.22 bits per heavy atom. The van der Waals surface area contributed by atoms with E-state index >= 15 is 0 Å². The van der Waals surface area contributed by atoms with E-state index in [0.717, 1.165) is 5.56 Å². The van der Waals surface area contributed by atoms with Gasteiger partial charge in [-0.1, -0.05) is 35.9 Å². The molecule has 0 amide bonds. The smallest absolute Gasteiger partial charge is 0.186 e. The van der Waals surface area contributed by atoms with E-state index in [0.29, 0.717) is 23.7 Å². The van der Waals surface area contributed by atoms with E-state index in [2.05, 4.69) is 37.0 Å². The largest absolute Gasteiger partial charge is 0.308 e. The predicted molar refractivity (Wildman–Crippen MR) is 103 cm³/mol. The Morgan fingerprint density at radius 2 is 1.89 bits per heavy atom. The molecule has 3 atom stereocenters. The summed E-state index contributed by atoms with van der Waals surface area (Å²) < 4.78 is 0. The third-order valence-corrected chi connectivity index (χ3v) is 6.11. The van der Waals surface area contributed by atoms with Crippen LogP contribution in [0.5, 0.6) is 0 Å². The first-order valence-electron chi connectivity index (χ1n) is 8.90. The highest BCUT2D eigenvalue weighted by atomic mass is 35.5. The molecule has 1 aromatic rings. The van der Waals surface area contributed by atoms with Gasteiger partial charge in [0.05, 0.1) is 18.2 Å². The van der Waals surface area contributed by atoms with E-state index < -0.39 is 17.3 Å². The summed E-state index contributed by atoms with van der Waals surface area (Å²) in [6, 6.07) is 13.8. The summed E-state index contributed by atoms with van der Waals surface area (Å²) in [6.07, 6.45) is 1.92. The lowest BCUT2D eigenvalue weighted by Crippen LogP contribution is -2.53. The standard InChI is InChI=1S/C21H20ClN5/c1-13(2)27-8-7-16-15(10-27)19(14-5-3-4-6-18(14)22)20(26)17(9-23)21(16,11-24)12-25/h3-7,13,15,17,19,26H,8,10H2,1-2H3/t15-,17?,19+/m1/s1. The van der Waals surface area contributed by atoms with Gasteiger partial charge in [0.25, 0.3) is 0 Å². The van der Waals surface area contributed by atoms with E-state index in [1.807, 2.05) is 24.3 Å². The van der Waals surface area contributed by atoms with Crippen LogP contribution in [0.15, 0.2) is 35.9 Å². The first kappa shape index (κ1) is 19.1. The Hall–Kier alpha value is -2.65. The molecule has 0 saturated heterocycles. The van der Waals surface area contributed by atoms with Crippen LogP contribution < -0.4 is 0 Å². The van der Waals surface area contributed by atoms with Gasteiger partial charge in [0.1, 0.15) is 5.92 Å². The third kappa shape index (κ3) is 2.83. The van der Waals surface area contributed by atoms with Crippen LogP contribution in [0.3, 0.4) is 0 Å². The molecule has 2 aliphatic rings. The van der Waals surface area contributed by atoms with Crippen molar-refractivity contribution < 1.29 is 0 Å². The van der Waals surface area contributed by atoms with Crippen molar-refractivity contribution in [2.75, 3.05) is 13.1 Å². The van der Waals surface area contributed by atoms with Crippen molar-refractivity contribution >= 4 is 17.3 Å². The lowest BCUT2D eigenvalue weighted by molar-refractivity contribution is 0.182. The molecule has 0 radical (unpaired) electrons. The molecule has 1 aliphatic carbocycles. The maximum Gasteiger partial charge on any atom is 0.186 e. The van der Waals surface area contributed by atoms with Crippen LogP contribution >= 0.6 is 11.6 Å². The first-order chi connectivity index (χ1) is 12.9. The van der Waals surface area contributed by atoms with Crippen LogP contribution in [-0.4, -0.2) is 29.7 Å². The van der Waals surface area contributed by atoms with Crippen LogP contribution in [0.25, 0.3) is 0 Å². The molecule has 136 valence electrons. The van der Waals surface area contributed by atoms with E-state index in [1.165, 1.54) is 0 Å². The van der Waals surface area contributed by atoms with Gasteiger partial charge < -0.3 is 5.41 Å². The van der Waals surface area contributed by atoms with Crippen molar-refractivity contribution in [2.45, 2.75) is 25.8 Å². The van der Waals surface area contributed by atoms with Crippen molar-refractivity contribution in [1.82, 2.24) is 4.90 Å². The fourth-order valence-corrected chi connectivity index (χ4v) is 4.56. The molecule has 3 rings (SSSR count). The van der Waals surface area contributed by atoms with Crippen LogP contribution in [0.4, 0.5) is 0 Å². The van der Waals surface area contributed by atoms with Crippen molar-refractivity contribution in [1.29, 1.82) is 21.2 Å². The highest BCUT2D eigenvalue weighted by Gasteiger charge is 2.57. The van der Waals surface area contributed by atoms with Crippen molar-refractivity contribution in [3.63, 3.8) is 0 Å². The minimum Gasteiger partial charge on any atom is -0.308 e. The van der Waals surface area contributed by atoms with E-state index in [9.17, 15) is 15.8 Å². The van der Waals surface area contributed by atoms with Gasteiger partial charge in [-0.15, -0.1) is 0 Å². The molecule has 1 aromatic carbocycles. The number of hydrogen-bond donors (Lipinski definition) is 1. The topological polar surface area (TPSA) is 98.5 Å². The number of hydrogen-bond acceptors (Lipinski definition) is 5. The van der Waals surface area contributed by atoms with Gasteiger partial charge in [0, 0.05) is 41.7 Å². The van der Waals surface area contributed by atoms with Crippen molar-refractivity contribution in [3.05, 3.63) is 46.5 Å². The highest BCUT2D eigenvalue weighted by molar-refractivity contribution is 6.31. The first-order valence-corrected chi connectivity index (χ1v) is 9.28. The predicted octanol–water partition coefficient (Wildman–Crippen LogP) is 3.90. The van der Waals surface area contributed by atoms with E-state index in [4.69, 9.17) is 17.0 Å². The van der Waals surface area contributed by atoms with Crippen LogP contribution in [0.2, 0.25) is 5.02 Å². The SMILES string of the molecule is CC(C)N1CC=C2[C@@H](C1)[C@H](c1ccccc1Cl)C(=N)C(C#N)C2(C#N)C#N. The lowest BCUT2D eigenvalue weighted by Gasteiger charge is -2.48. The monoisotopic (exact) mass is 377 g/mol. The summed E-state index contributed by atoms with van der Waals surface area (Å²) in [4.78, 5) is 2.25. The summed E-state index contributed by atoms with van der Waals surface area (Å²) >= 11 is 6.44. The molecular weight excluding hydrogens is 358 g/mol. The van der Waals surface area contributed by atoms with Crippen LogP contribution in [-0.2, 0) is 0 Å². The molecule has 0 spiro atoms. The summed E-state index contributed by atoms with van der Waals surface area (Å²) in [6.45, 7) is 5.43. The van der Waals surface area contributed by atoms with Gasteiger partial charge in [-0.05, 0) is 31.1 Å². The quantitative estimate of drug-likeness (QED) is 0.790. The number of halogens is 1. The molecule has 1 fully saturated rings. The normalized spacial score (nSPS) is 27.1. The maximum atomic E-state index is 9.89. The second kappa shape index (κ2) is 7.16. The average molecular weight is 378 g/mol. The second-order valence-corrected chi connectivity index (χ2v) is 7.77. The molecule has 1 N–H and O–H groups in total.